The van der Waals surface area contributed by atoms with Crippen molar-refractivity contribution >= 4 is 34.5 Å². The van der Waals surface area contributed by atoms with Crippen LogP contribution < -0.4 is 10.2 Å². The summed E-state index contributed by atoms with van der Waals surface area (Å²) < 4.78 is 5.55. The fraction of sp³-hybridized carbons (Fsp3) is 0.429. The highest BCUT2D eigenvalue weighted by molar-refractivity contribution is 6.08. The number of hydrogen-bond donors (Lipinski definition) is 1. The maximum absolute atomic E-state index is 14.0. The van der Waals surface area contributed by atoms with Gasteiger partial charge < -0.3 is 15.0 Å². The summed E-state index contributed by atoms with van der Waals surface area (Å²) >= 11 is 0. The zero-order valence-electron chi connectivity index (χ0n) is 21.7. The molecule has 1 fully saturated rings. The van der Waals surface area contributed by atoms with E-state index in [0.717, 1.165) is 10.8 Å². The number of nitrogens with zero attached hydrogens (tertiary/aromatic N) is 4. The molecule has 0 bridgehead atoms. The fourth-order valence-corrected chi connectivity index (χ4v) is 4.36. The predicted octanol–water partition coefficient (Wildman–Crippen LogP) is 5.50. The molecule has 4 rings (SSSR count). The number of fused-ring (bicyclic) bond motifs is 1. The predicted molar refractivity (Wildman–Crippen MR) is 142 cm³/mol. The molecular weight excluding hydrogens is 454 g/mol. The van der Waals surface area contributed by atoms with Gasteiger partial charge in [-0.15, -0.1) is 0 Å². The average Bonchev–Trinajstić information content (AvgIpc) is 2.83. The standard InChI is InChI=1S/C28H35N5O3/c1-19(2)30-26-29-15-12-24(31-26)33(23-13-16-32(17-14-23)27(35)36-28(3,4)5)25(34)22-11-10-20-8-6-7-9-21(20)18-22/h6-12,15,18-19,23H,13-14,16-17H2,1-5H3,(H,29,30,31). The molecule has 8 heteroatoms. The molecule has 2 aromatic carbocycles. The Hall–Kier alpha value is -3.68. The van der Waals surface area contributed by atoms with E-state index in [1.54, 1.807) is 22.1 Å². The van der Waals surface area contributed by atoms with Crippen LogP contribution in [0.5, 0.6) is 0 Å². The van der Waals surface area contributed by atoms with E-state index in [0.29, 0.717) is 43.3 Å². The number of nitrogens with one attached hydrogen (secondary N) is 1. The number of carbonyl (C=O) groups is 2. The van der Waals surface area contributed by atoms with Crippen molar-refractivity contribution in [1.82, 2.24) is 14.9 Å². The van der Waals surface area contributed by atoms with Crippen LogP contribution in [0.3, 0.4) is 0 Å². The van der Waals surface area contributed by atoms with Crippen LogP contribution in [0, 0.1) is 0 Å². The number of aromatic nitrogens is 2. The molecule has 3 aromatic rings. The summed E-state index contributed by atoms with van der Waals surface area (Å²) in [5.41, 5.74) is 0.0486. The van der Waals surface area contributed by atoms with Gasteiger partial charge in [0, 0.05) is 36.9 Å². The minimum Gasteiger partial charge on any atom is -0.444 e. The zero-order chi connectivity index (χ0) is 25.9. The van der Waals surface area contributed by atoms with Crippen LogP contribution >= 0.6 is 0 Å². The van der Waals surface area contributed by atoms with Gasteiger partial charge in [-0.1, -0.05) is 30.3 Å². The lowest BCUT2D eigenvalue weighted by Crippen LogP contribution is -2.50. The van der Waals surface area contributed by atoms with E-state index < -0.39 is 5.60 Å². The first-order chi connectivity index (χ1) is 17.1. The Kier molecular flexibility index (Phi) is 7.43. The molecule has 1 aliphatic heterocycles. The van der Waals surface area contributed by atoms with Crippen molar-refractivity contribution < 1.29 is 14.3 Å². The van der Waals surface area contributed by atoms with Gasteiger partial charge in [-0.2, -0.15) is 4.98 Å². The summed E-state index contributed by atoms with van der Waals surface area (Å²) in [5, 5.41) is 5.31. The van der Waals surface area contributed by atoms with Crippen LogP contribution in [-0.2, 0) is 4.74 Å². The van der Waals surface area contributed by atoms with Crippen molar-refractivity contribution in [3.8, 4) is 0 Å². The Morgan fingerprint density at radius 2 is 1.75 bits per heavy atom. The number of benzene rings is 2. The molecule has 2 amide bonds. The Bertz CT molecular complexity index is 1230. The molecule has 1 aliphatic rings. The maximum atomic E-state index is 14.0. The van der Waals surface area contributed by atoms with Crippen LogP contribution in [0.1, 0.15) is 57.8 Å². The summed E-state index contributed by atoms with van der Waals surface area (Å²) in [4.78, 5) is 39.0. The number of hydrogen-bond acceptors (Lipinski definition) is 6. The Labute approximate surface area is 212 Å². The summed E-state index contributed by atoms with van der Waals surface area (Å²) in [6.45, 7) is 10.6. The van der Waals surface area contributed by atoms with Crippen molar-refractivity contribution in [2.75, 3.05) is 23.3 Å². The Morgan fingerprint density at radius 3 is 2.42 bits per heavy atom. The van der Waals surface area contributed by atoms with Gasteiger partial charge in [0.25, 0.3) is 5.91 Å². The SMILES string of the molecule is CC(C)Nc1nccc(N(C(=O)c2ccc3ccccc3c2)C2CCN(C(=O)OC(C)(C)C)CC2)n1. The van der Waals surface area contributed by atoms with Gasteiger partial charge in [-0.3, -0.25) is 9.69 Å². The van der Waals surface area contributed by atoms with Gasteiger partial charge in [-0.25, -0.2) is 9.78 Å². The van der Waals surface area contributed by atoms with Crippen LogP contribution in [-0.4, -0.2) is 57.6 Å². The van der Waals surface area contributed by atoms with Crippen molar-refractivity contribution in [2.24, 2.45) is 0 Å². The summed E-state index contributed by atoms with van der Waals surface area (Å²) in [7, 11) is 0. The topological polar surface area (TPSA) is 87.7 Å². The van der Waals surface area contributed by atoms with Gasteiger partial charge in [0.15, 0.2) is 0 Å². The monoisotopic (exact) mass is 489 g/mol. The van der Waals surface area contributed by atoms with E-state index in [9.17, 15) is 9.59 Å². The number of rotatable bonds is 5. The van der Waals surface area contributed by atoms with Gasteiger partial charge in [0.1, 0.15) is 11.4 Å². The van der Waals surface area contributed by atoms with E-state index in [1.807, 2.05) is 77.1 Å². The number of piperidine rings is 1. The zero-order valence-corrected chi connectivity index (χ0v) is 21.7. The molecule has 0 spiro atoms. The van der Waals surface area contributed by atoms with Gasteiger partial charge >= 0.3 is 6.09 Å². The number of likely N-dealkylation sites (tertiary alicyclic amines) is 1. The second kappa shape index (κ2) is 10.5. The number of amides is 2. The molecular formula is C28H35N5O3. The molecule has 0 atom stereocenters. The minimum atomic E-state index is -0.549. The molecule has 8 nitrogen and oxygen atoms in total. The largest absolute Gasteiger partial charge is 0.444 e. The van der Waals surface area contributed by atoms with E-state index in [2.05, 4.69) is 15.3 Å². The van der Waals surface area contributed by atoms with Crippen molar-refractivity contribution in [3.05, 3.63) is 60.3 Å². The molecule has 0 saturated carbocycles. The van der Waals surface area contributed by atoms with Crippen molar-refractivity contribution in [3.63, 3.8) is 0 Å². The molecule has 190 valence electrons. The Morgan fingerprint density at radius 1 is 1.06 bits per heavy atom. The highest BCUT2D eigenvalue weighted by Gasteiger charge is 2.33. The first-order valence-corrected chi connectivity index (χ1v) is 12.5. The fourth-order valence-electron chi connectivity index (χ4n) is 4.36. The molecule has 1 saturated heterocycles. The second-order valence-corrected chi connectivity index (χ2v) is 10.5. The molecule has 36 heavy (non-hydrogen) atoms. The van der Waals surface area contributed by atoms with Crippen LogP contribution in [0.15, 0.2) is 54.7 Å². The third kappa shape index (κ3) is 6.11. The van der Waals surface area contributed by atoms with Gasteiger partial charge in [-0.05, 0) is 76.4 Å². The molecule has 1 N–H and O–H groups in total. The number of anilines is 2. The lowest BCUT2D eigenvalue weighted by molar-refractivity contribution is 0.0205. The van der Waals surface area contributed by atoms with Crippen LogP contribution in [0.4, 0.5) is 16.6 Å². The lowest BCUT2D eigenvalue weighted by atomic mass is 10.0. The summed E-state index contributed by atoms with van der Waals surface area (Å²) in [6.07, 6.45) is 2.59. The van der Waals surface area contributed by atoms with E-state index in [1.165, 1.54) is 0 Å². The smallest absolute Gasteiger partial charge is 0.410 e. The number of ether oxygens (including phenoxy) is 1. The molecule has 2 heterocycles. The van der Waals surface area contributed by atoms with E-state index in [-0.39, 0.29) is 24.1 Å². The summed E-state index contributed by atoms with van der Waals surface area (Å²) in [6, 6.07) is 15.5. The first kappa shape index (κ1) is 25.4. The highest BCUT2D eigenvalue weighted by atomic mass is 16.6. The second-order valence-electron chi connectivity index (χ2n) is 10.5. The molecule has 0 unspecified atom stereocenters. The number of carbonyl (C=O) groups excluding carboxylic acids is 2. The quantitative estimate of drug-likeness (QED) is 0.509. The third-order valence-corrected chi connectivity index (χ3v) is 6.00. The van der Waals surface area contributed by atoms with Crippen molar-refractivity contribution in [1.29, 1.82) is 0 Å². The van der Waals surface area contributed by atoms with Crippen LogP contribution in [0.2, 0.25) is 0 Å². The maximum Gasteiger partial charge on any atom is 0.410 e. The summed E-state index contributed by atoms with van der Waals surface area (Å²) in [5.74, 6) is 0.901. The van der Waals surface area contributed by atoms with Crippen LogP contribution in [0.25, 0.3) is 10.8 Å². The lowest BCUT2D eigenvalue weighted by Gasteiger charge is -2.38. The van der Waals surface area contributed by atoms with Gasteiger partial charge in [0.2, 0.25) is 5.95 Å². The normalized spacial score (nSPS) is 14.7. The van der Waals surface area contributed by atoms with Crippen molar-refractivity contribution in [2.45, 2.75) is 65.1 Å². The Balaban J connectivity index is 1.62. The average molecular weight is 490 g/mol. The molecule has 0 radical (unpaired) electrons. The van der Waals surface area contributed by atoms with E-state index in [4.69, 9.17) is 4.74 Å². The first-order valence-electron chi connectivity index (χ1n) is 12.5. The van der Waals surface area contributed by atoms with Gasteiger partial charge in [0.05, 0.1) is 0 Å². The third-order valence-electron chi connectivity index (χ3n) is 6.00. The van der Waals surface area contributed by atoms with E-state index >= 15 is 0 Å². The minimum absolute atomic E-state index is 0.120. The molecule has 0 aliphatic carbocycles. The highest BCUT2D eigenvalue weighted by Crippen LogP contribution is 2.27. The molecule has 1 aromatic heterocycles.